The Morgan fingerprint density at radius 1 is 1.40 bits per heavy atom. The molecule has 0 N–H and O–H groups in total. The average Bonchev–Trinajstić information content (AvgIpc) is 2.43. The highest BCUT2D eigenvalue weighted by Crippen LogP contribution is 2.28. The number of ether oxygens (including phenoxy) is 1. The molecule has 1 aliphatic heterocycles. The summed E-state index contributed by atoms with van der Waals surface area (Å²) < 4.78 is 32.7. The number of piperidine rings is 1. The molecule has 20 heavy (non-hydrogen) atoms. The van der Waals surface area contributed by atoms with Gasteiger partial charge in [-0.05, 0) is 53.9 Å². The Hall–Kier alpha value is -0.140. The topological polar surface area (TPSA) is 46.6 Å². The summed E-state index contributed by atoms with van der Waals surface area (Å²) in [7, 11) is -3.45. The lowest BCUT2D eigenvalue weighted by Gasteiger charge is -2.31. The van der Waals surface area contributed by atoms with E-state index in [1.54, 1.807) is 12.1 Å². The normalized spacial score (nSPS) is 18.4. The van der Waals surface area contributed by atoms with Gasteiger partial charge in [-0.2, -0.15) is 4.31 Å². The fourth-order valence-electron chi connectivity index (χ4n) is 2.26. The van der Waals surface area contributed by atoms with Gasteiger partial charge in [-0.25, -0.2) is 8.42 Å². The molecule has 1 aromatic rings. The van der Waals surface area contributed by atoms with Crippen molar-refractivity contribution in [2.24, 2.45) is 0 Å². The summed E-state index contributed by atoms with van der Waals surface area (Å²) in [6.07, 6.45) is 1.65. The molecule has 1 aromatic carbocycles. The van der Waals surface area contributed by atoms with Crippen LogP contribution in [0.15, 0.2) is 27.6 Å². The second-order valence-corrected chi connectivity index (χ2v) is 7.83. The van der Waals surface area contributed by atoms with Crippen molar-refractivity contribution in [2.45, 2.75) is 30.8 Å². The van der Waals surface area contributed by atoms with Gasteiger partial charge in [0.15, 0.2) is 0 Å². The maximum absolute atomic E-state index is 12.5. The maximum atomic E-state index is 12.5. The summed E-state index contributed by atoms with van der Waals surface area (Å²) >= 11 is 9.16. The third kappa shape index (κ3) is 3.54. The molecule has 0 amide bonds. The van der Waals surface area contributed by atoms with Crippen molar-refractivity contribution in [1.82, 2.24) is 4.31 Å². The van der Waals surface area contributed by atoms with Crippen LogP contribution in [0.1, 0.15) is 19.8 Å². The molecular weight excluding hydrogens is 366 g/mol. The van der Waals surface area contributed by atoms with E-state index in [1.165, 1.54) is 10.4 Å². The molecule has 0 spiro atoms. The summed E-state index contributed by atoms with van der Waals surface area (Å²) in [5, 5.41) is 0.499. The Morgan fingerprint density at radius 3 is 2.60 bits per heavy atom. The van der Waals surface area contributed by atoms with Gasteiger partial charge in [0.25, 0.3) is 0 Å². The van der Waals surface area contributed by atoms with Gasteiger partial charge in [-0.3, -0.25) is 0 Å². The van der Waals surface area contributed by atoms with E-state index >= 15 is 0 Å². The first-order valence-electron chi connectivity index (χ1n) is 6.52. The first-order chi connectivity index (χ1) is 9.45. The molecule has 1 fully saturated rings. The van der Waals surface area contributed by atoms with E-state index in [-0.39, 0.29) is 11.0 Å². The van der Waals surface area contributed by atoms with Crippen LogP contribution in [-0.2, 0) is 14.8 Å². The average molecular weight is 383 g/mol. The Balaban J connectivity index is 2.13. The molecule has 0 saturated carbocycles. The largest absolute Gasteiger partial charge is 0.378 e. The lowest BCUT2D eigenvalue weighted by Crippen LogP contribution is -2.40. The molecule has 0 radical (unpaired) electrons. The summed E-state index contributed by atoms with van der Waals surface area (Å²) in [6, 6.07) is 4.68. The molecule has 1 saturated heterocycles. The van der Waals surface area contributed by atoms with Gasteiger partial charge in [0, 0.05) is 24.2 Å². The SMILES string of the molecule is CCOC1CCN(S(=O)(=O)c2ccc(Cl)c(Br)c2)CC1. The summed E-state index contributed by atoms with van der Waals surface area (Å²) in [5.74, 6) is 0. The fraction of sp³-hybridized carbons (Fsp3) is 0.538. The van der Waals surface area contributed by atoms with Gasteiger partial charge < -0.3 is 4.74 Å². The van der Waals surface area contributed by atoms with Crippen molar-refractivity contribution in [2.75, 3.05) is 19.7 Å². The lowest BCUT2D eigenvalue weighted by molar-refractivity contribution is 0.0290. The number of nitrogens with zero attached hydrogens (tertiary/aromatic N) is 1. The van der Waals surface area contributed by atoms with Crippen LogP contribution in [-0.4, -0.2) is 38.5 Å². The van der Waals surface area contributed by atoms with Crippen LogP contribution in [0.3, 0.4) is 0 Å². The van der Waals surface area contributed by atoms with Crippen LogP contribution >= 0.6 is 27.5 Å². The van der Waals surface area contributed by atoms with Gasteiger partial charge in [0.05, 0.1) is 16.0 Å². The van der Waals surface area contributed by atoms with E-state index in [2.05, 4.69) is 15.9 Å². The molecule has 4 nitrogen and oxygen atoms in total. The predicted octanol–water partition coefficient (Wildman–Crippen LogP) is 3.29. The van der Waals surface area contributed by atoms with Crippen molar-refractivity contribution < 1.29 is 13.2 Å². The van der Waals surface area contributed by atoms with Crippen LogP contribution in [0.4, 0.5) is 0 Å². The zero-order valence-electron chi connectivity index (χ0n) is 11.2. The van der Waals surface area contributed by atoms with Gasteiger partial charge in [0.1, 0.15) is 0 Å². The maximum Gasteiger partial charge on any atom is 0.243 e. The zero-order chi connectivity index (χ0) is 14.8. The first-order valence-corrected chi connectivity index (χ1v) is 9.13. The first kappa shape index (κ1) is 16.2. The van der Waals surface area contributed by atoms with E-state index in [0.29, 0.717) is 29.2 Å². The number of rotatable bonds is 4. The standard InChI is InChI=1S/C13H17BrClNO3S/c1-2-19-10-5-7-16(8-6-10)20(17,18)11-3-4-13(15)12(14)9-11/h3-4,9-10H,2,5-8H2,1H3. The molecule has 0 unspecified atom stereocenters. The summed E-state index contributed by atoms with van der Waals surface area (Å²) in [6.45, 7) is 3.61. The minimum Gasteiger partial charge on any atom is -0.378 e. The molecule has 0 atom stereocenters. The molecule has 2 rings (SSSR count). The second-order valence-electron chi connectivity index (χ2n) is 4.63. The summed E-state index contributed by atoms with van der Waals surface area (Å²) in [5.41, 5.74) is 0. The van der Waals surface area contributed by atoms with Crippen molar-refractivity contribution in [3.63, 3.8) is 0 Å². The van der Waals surface area contributed by atoms with Gasteiger partial charge >= 0.3 is 0 Å². The number of benzene rings is 1. The lowest BCUT2D eigenvalue weighted by atomic mass is 10.1. The molecule has 0 bridgehead atoms. The van der Waals surface area contributed by atoms with E-state index in [9.17, 15) is 8.42 Å². The highest BCUT2D eigenvalue weighted by molar-refractivity contribution is 9.10. The molecular formula is C13H17BrClNO3S. The fourth-order valence-corrected chi connectivity index (χ4v) is 4.41. The Bertz CT molecular complexity index is 571. The Kier molecular flexibility index (Phi) is 5.48. The quantitative estimate of drug-likeness (QED) is 0.803. The van der Waals surface area contributed by atoms with Crippen molar-refractivity contribution in [1.29, 1.82) is 0 Å². The number of halogens is 2. The second kappa shape index (κ2) is 6.75. The molecule has 0 aromatic heterocycles. The van der Waals surface area contributed by atoms with Gasteiger partial charge in [-0.1, -0.05) is 11.6 Å². The highest BCUT2D eigenvalue weighted by atomic mass is 79.9. The zero-order valence-corrected chi connectivity index (χ0v) is 14.3. The number of hydrogen-bond acceptors (Lipinski definition) is 3. The monoisotopic (exact) mass is 381 g/mol. The minimum absolute atomic E-state index is 0.170. The number of hydrogen-bond donors (Lipinski definition) is 0. The molecule has 7 heteroatoms. The molecule has 0 aliphatic carbocycles. The van der Waals surface area contributed by atoms with Crippen molar-refractivity contribution in [3.8, 4) is 0 Å². The Morgan fingerprint density at radius 2 is 2.05 bits per heavy atom. The Labute approximate surface area is 133 Å². The molecule has 1 heterocycles. The van der Waals surface area contributed by atoms with Crippen molar-refractivity contribution >= 4 is 37.6 Å². The van der Waals surface area contributed by atoms with Crippen LogP contribution in [0.2, 0.25) is 5.02 Å². The van der Waals surface area contributed by atoms with E-state index < -0.39 is 10.0 Å². The van der Waals surface area contributed by atoms with Crippen LogP contribution in [0.25, 0.3) is 0 Å². The highest BCUT2D eigenvalue weighted by Gasteiger charge is 2.29. The van der Waals surface area contributed by atoms with Crippen LogP contribution in [0, 0.1) is 0 Å². The molecule has 1 aliphatic rings. The van der Waals surface area contributed by atoms with E-state index in [0.717, 1.165) is 12.8 Å². The summed E-state index contributed by atoms with van der Waals surface area (Å²) in [4.78, 5) is 0.267. The van der Waals surface area contributed by atoms with Gasteiger partial charge in [-0.15, -0.1) is 0 Å². The van der Waals surface area contributed by atoms with Crippen LogP contribution < -0.4 is 0 Å². The minimum atomic E-state index is -3.45. The van der Waals surface area contributed by atoms with E-state index in [4.69, 9.17) is 16.3 Å². The number of sulfonamides is 1. The third-order valence-corrected chi connectivity index (χ3v) is 6.44. The van der Waals surface area contributed by atoms with Gasteiger partial charge in [0.2, 0.25) is 10.0 Å². The predicted molar refractivity (Wildman–Crippen MR) is 82.6 cm³/mol. The van der Waals surface area contributed by atoms with Crippen molar-refractivity contribution in [3.05, 3.63) is 27.7 Å². The molecule has 112 valence electrons. The van der Waals surface area contributed by atoms with Crippen LogP contribution in [0.5, 0.6) is 0 Å². The van der Waals surface area contributed by atoms with E-state index in [1.807, 2.05) is 6.92 Å². The smallest absolute Gasteiger partial charge is 0.243 e. The third-order valence-electron chi connectivity index (χ3n) is 3.33.